The summed E-state index contributed by atoms with van der Waals surface area (Å²) in [6, 6.07) is 0. The molecule has 0 fully saturated rings. The van der Waals surface area contributed by atoms with Gasteiger partial charge >= 0.3 is 105 Å². The van der Waals surface area contributed by atoms with Crippen molar-refractivity contribution >= 4 is 44.2 Å². The van der Waals surface area contributed by atoms with Gasteiger partial charge in [-0.3, -0.25) is 0 Å². The normalized spacial score (nSPS) is 36.9. The Balaban J connectivity index is 2.99. The van der Waals surface area contributed by atoms with E-state index < -0.39 is 19.8 Å². The van der Waals surface area contributed by atoms with Crippen molar-refractivity contribution < 1.29 is 0 Å². The quantitative estimate of drug-likeness (QED) is 0.326. The molecule has 4 heteroatoms. The van der Waals surface area contributed by atoms with Gasteiger partial charge in [0.05, 0.1) is 0 Å². The third-order valence-corrected chi connectivity index (χ3v) is 9.13. The molecule has 0 N–H and O–H groups in total. The average molecular weight is 340 g/mol. The number of nitrogens with zero attached hydrogens (tertiary/aromatic N) is 2. The zero-order valence-electron chi connectivity index (χ0n) is 10.4. The van der Waals surface area contributed by atoms with Crippen LogP contribution in [-0.2, 0) is 0 Å². The first-order chi connectivity index (χ1) is 6.80. The van der Waals surface area contributed by atoms with E-state index in [4.69, 9.17) is 4.99 Å². The Morgan fingerprint density at radius 2 is 1.80 bits per heavy atom. The minimum absolute atomic E-state index is 0.0174. The van der Waals surface area contributed by atoms with Crippen molar-refractivity contribution in [2.75, 3.05) is 9.86 Å². The van der Waals surface area contributed by atoms with Crippen molar-refractivity contribution in [2.45, 2.75) is 36.0 Å². The van der Waals surface area contributed by atoms with Crippen LogP contribution in [0.25, 0.3) is 0 Å². The zero-order valence-corrected chi connectivity index (χ0v) is 13.4. The van der Waals surface area contributed by atoms with Crippen molar-refractivity contribution in [3.05, 3.63) is 0 Å². The molecule has 0 saturated heterocycles. The molecule has 1 rings (SSSR count). The topological polar surface area (TPSA) is 24.7 Å². The van der Waals surface area contributed by atoms with Gasteiger partial charge < -0.3 is 0 Å². The van der Waals surface area contributed by atoms with Crippen LogP contribution in [-0.4, -0.2) is 30.6 Å². The molecule has 2 unspecified atom stereocenters. The second-order valence-corrected chi connectivity index (χ2v) is 12.5. The molecule has 0 aromatic carbocycles. The van der Waals surface area contributed by atoms with Crippen LogP contribution >= 0.6 is 31.8 Å². The molecule has 15 heavy (non-hydrogen) atoms. The van der Waals surface area contributed by atoms with Crippen LogP contribution in [0.2, 0.25) is 0 Å². The summed E-state index contributed by atoms with van der Waals surface area (Å²) in [5.74, 6) is 0.557. The Kier molecular flexibility index (Phi) is 4.26. The summed E-state index contributed by atoms with van der Waals surface area (Å²) in [4.78, 5) is 9.49. The summed E-state index contributed by atoms with van der Waals surface area (Å²) in [5.41, 5.74) is 0. The van der Waals surface area contributed by atoms with Crippen molar-refractivity contribution in [2.24, 2.45) is 15.3 Å². The van der Waals surface area contributed by atoms with E-state index in [1.807, 2.05) is 0 Å². The Morgan fingerprint density at radius 1 is 1.20 bits per heavy atom. The van der Waals surface area contributed by atoms with Gasteiger partial charge in [-0.2, -0.15) is 0 Å². The molecule has 2 nitrogen and oxygen atoms in total. The molecule has 0 bridgehead atoms. The number of hydrogen-bond acceptors (Lipinski definition) is 3. The van der Waals surface area contributed by atoms with E-state index in [1.165, 1.54) is 0 Å². The van der Waals surface area contributed by atoms with E-state index in [-0.39, 0.29) is 8.29 Å². The fraction of sp³-hybridized carbons (Fsp3) is 0.818. The van der Waals surface area contributed by atoms with Gasteiger partial charge in [0.2, 0.25) is 0 Å². The van der Waals surface area contributed by atoms with Gasteiger partial charge in [-0.1, -0.05) is 0 Å². The van der Waals surface area contributed by atoms with E-state index in [0.717, 1.165) is 0 Å². The minimum atomic E-state index is -1.02. The van der Waals surface area contributed by atoms with Gasteiger partial charge in [-0.05, 0) is 0 Å². The predicted octanol–water partition coefficient (Wildman–Crippen LogP) is 3.69. The molecule has 0 radical (unpaired) electrons. The molecule has 0 aromatic rings. The summed E-state index contributed by atoms with van der Waals surface area (Å²) in [6.45, 7) is 8.89. The average Bonchev–Trinajstić information content (AvgIpc) is 2.28. The molecule has 0 saturated carbocycles. The molecule has 0 amide bonds. The van der Waals surface area contributed by atoms with E-state index in [2.05, 4.69) is 54.4 Å². The van der Waals surface area contributed by atoms with Crippen LogP contribution in [0.1, 0.15) is 27.7 Å². The van der Waals surface area contributed by atoms with Crippen LogP contribution in [0.3, 0.4) is 0 Å². The maximum atomic E-state index is 4.80. The first-order valence-electron chi connectivity index (χ1n) is 5.09. The third-order valence-electron chi connectivity index (χ3n) is 3.02. The second kappa shape index (κ2) is 4.73. The van der Waals surface area contributed by atoms with Crippen LogP contribution < -0.4 is 0 Å². The summed E-state index contributed by atoms with van der Waals surface area (Å²) in [7, 11) is 0. The fourth-order valence-electron chi connectivity index (χ4n) is 0.997. The summed E-state index contributed by atoms with van der Waals surface area (Å²) in [5, 5.41) is 0. The van der Waals surface area contributed by atoms with E-state index in [9.17, 15) is 0 Å². The monoisotopic (exact) mass is 340 g/mol. The summed E-state index contributed by atoms with van der Waals surface area (Å²) in [6.07, 6.45) is 4.19. The molecule has 1 aliphatic rings. The Hall–Kier alpha value is 0.420. The number of aliphatic imine (C=N–C) groups is 1. The molecule has 1 aliphatic heterocycles. The van der Waals surface area contributed by atoms with E-state index in [1.54, 1.807) is 11.9 Å². The fourth-order valence-corrected chi connectivity index (χ4v) is 3.37. The van der Waals surface area contributed by atoms with Crippen molar-refractivity contribution in [3.8, 4) is 0 Å². The molecule has 0 spiro atoms. The first kappa shape index (κ1) is 13.5. The van der Waals surface area contributed by atoms with Crippen molar-refractivity contribution in [1.29, 1.82) is 0 Å². The Labute approximate surface area is 105 Å². The van der Waals surface area contributed by atoms with E-state index in [0.29, 0.717) is 5.92 Å². The van der Waals surface area contributed by atoms with Crippen LogP contribution in [0, 0.1) is 5.92 Å². The molecule has 1 heterocycles. The second-order valence-electron chi connectivity index (χ2n) is 4.70. The Morgan fingerprint density at radius 3 is 2.27 bits per heavy atom. The van der Waals surface area contributed by atoms with Gasteiger partial charge in [-0.15, -0.1) is 0 Å². The third kappa shape index (κ3) is 2.96. The van der Waals surface area contributed by atoms with Gasteiger partial charge in [-0.25, -0.2) is 0 Å². The molecular weight excluding hydrogens is 319 g/mol. The number of halogens is 1. The van der Waals surface area contributed by atoms with Gasteiger partial charge in [0, 0.05) is 0 Å². The predicted molar refractivity (Wildman–Crippen MR) is 82.1 cm³/mol. The van der Waals surface area contributed by atoms with Crippen molar-refractivity contribution in [1.82, 2.24) is 0 Å². The molecule has 88 valence electrons. The zero-order chi connectivity index (χ0) is 11.7. The van der Waals surface area contributed by atoms with Gasteiger partial charge in [0.15, 0.2) is 0 Å². The number of alkyl halides is 3. The van der Waals surface area contributed by atoms with Crippen LogP contribution in [0.15, 0.2) is 9.39 Å². The van der Waals surface area contributed by atoms with Gasteiger partial charge in [0.1, 0.15) is 0 Å². The maximum absolute atomic E-state index is 4.80. The van der Waals surface area contributed by atoms with Crippen molar-refractivity contribution in [3.63, 3.8) is 0 Å². The van der Waals surface area contributed by atoms with Gasteiger partial charge in [0.25, 0.3) is 0 Å². The first-order valence-corrected chi connectivity index (χ1v) is 11.3. The SMILES string of the molecule is CC(C)C1(C)C=NC(C)(I(C)C)C=NS1. The molecule has 2 atom stereocenters. The van der Waals surface area contributed by atoms with Crippen LogP contribution in [0.4, 0.5) is 0 Å². The number of rotatable bonds is 2. The van der Waals surface area contributed by atoms with E-state index >= 15 is 0 Å². The number of hydrogen-bond donors (Lipinski definition) is 0. The standard InChI is InChI=1S/C11H21IN2S/c1-9(2)10(3)7-13-11(4,12(5)6)8-14-15-10/h7-9H,1-6H3. The summed E-state index contributed by atoms with van der Waals surface area (Å²) < 4.78 is 4.60. The molecule has 0 aromatic heterocycles. The molecule has 0 aliphatic carbocycles. The summed E-state index contributed by atoms with van der Waals surface area (Å²) >= 11 is 0.644. The Bertz CT molecular complexity index is 288. The van der Waals surface area contributed by atoms with Crippen LogP contribution in [0.5, 0.6) is 0 Å². The molecular formula is C11H21IN2S.